The maximum absolute atomic E-state index is 12.7. The van der Waals surface area contributed by atoms with E-state index < -0.39 is 23.3 Å². The summed E-state index contributed by atoms with van der Waals surface area (Å²) >= 11 is 1.84. The van der Waals surface area contributed by atoms with Gasteiger partial charge in [-0.25, -0.2) is 9.48 Å². The third-order valence-electron chi connectivity index (χ3n) is 6.30. The van der Waals surface area contributed by atoms with Crippen LogP contribution in [-0.4, -0.2) is 49.6 Å². The van der Waals surface area contributed by atoms with Crippen molar-refractivity contribution in [2.45, 2.75) is 45.6 Å². The van der Waals surface area contributed by atoms with Gasteiger partial charge in [0.25, 0.3) is 0 Å². The molecule has 1 aromatic carbocycles. The van der Waals surface area contributed by atoms with Crippen molar-refractivity contribution in [3.63, 3.8) is 0 Å². The second-order valence-electron chi connectivity index (χ2n) is 9.10. The Morgan fingerprint density at radius 1 is 1.03 bits per heavy atom. The Morgan fingerprint density at radius 3 is 2.28 bits per heavy atom. The highest BCUT2D eigenvalue weighted by Gasteiger charge is 2.42. The topological polar surface area (TPSA) is 97.4 Å². The van der Waals surface area contributed by atoms with Gasteiger partial charge in [0, 0.05) is 47.8 Å². The Bertz CT molecular complexity index is 1380. The average molecular weight is 523 g/mol. The van der Waals surface area contributed by atoms with Crippen molar-refractivity contribution in [1.82, 2.24) is 19.2 Å². The van der Waals surface area contributed by atoms with Crippen molar-refractivity contribution in [2.24, 2.45) is 5.92 Å². The van der Waals surface area contributed by atoms with E-state index in [1.54, 1.807) is 4.57 Å². The van der Waals surface area contributed by atoms with E-state index in [4.69, 9.17) is 9.90 Å². The number of aliphatic carboxylic acids is 1. The Balaban J connectivity index is 0.000000384. The van der Waals surface area contributed by atoms with Crippen LogP contribution < -0.4 is 11.1 Å². The molecule has 2 aromatic heterocycles. The van der Waals surface area contributed by atoms with Crippen LogP contribution >= 0.6 is 11.3 Å². The molecule has 1 N–H and O–H groups in total. The number of halogens is 3. The highest BCUT2D eigenvalue weighted by molar-refractivity contribution is 7.11. The van der Waals surface area contributed by atoms with Crippen molar-refractivity contribution in [2.75, 3.05) is 13.1 Å². The van der Waals surface area contributed by atoms with Crippen molar-refractivity contribution in [1.29, 1.82) is 0 Å². The number of aryl methyl sites for hydroxylation is 2. The Kier molecular flexibility index (Phi) is 7.19. The molecule has 4 heterocycles. The molecular weight excluding hydrogens is 497 g/mol. The van der Waals surface area contributed by atoms with Crippen LogP contribution in [0.25, 0.3) is 0 Å². The first-order valence-corrected chi connectivity index (χ1v) is 12.1. The Labute approximate surface area is 208 Å². The average Bonchev–Trinajstić information content (AvgIpc) is 3.48. The summed E-state index contributed by atoms with van der Waals surface area (Å²) in [6.45, 7) is 7.86. The molecule has 0 amide bonds. The van der Waals surface area contributed by atoms with E-state index in [-0.39, 0.29) is 5.92 Å². The number of rotatable bonds is 4. The van der Waals surface area contributed by atoms with Gasteiger partial charge in [0.15, 0.2) is 0 Å². The molecule has 0 spiro atoms. The predicted molar refractivity (Wildman–Crippen MR) is 127 cm³/mol. The second kappa shape index (κ2) is 10.0. The number of fused-ring (bicyclic) bond motifs is 3. The fourth-order valence-electron chi connectivity index (χ4n) is 4.57. The number of benzene rings is 1. The van der Waals surface area contributed by atoms with E-state index in [2.05, 4.69) is 29.1 Å². The first-order valence-electron chi connectivity index (χ1n) is 11.3. The van der Waals surface area contributed by atoms with E-state index in [0.29, 0.717) is 19.0 Å². The molecule has 0 bridgehead atoms. The van der Waals surface area contributed by atoms with E-state index in [0.717, 1.165) is 36.6 Å². The van der Waals surface area contributed by atoms with Crippen LogP contribution in [0.5, 0.6) is 0 Å². The van der Waals surface area contributed by atoms with Gasteiger partial charge in [-0.1, -0.05) is 29.8 Å². The molecule has 192 valence electrons. The summed E-state index contributed by atoms with van der Waals surface area (Å²) in [5.74, 6) is -1.41. The molecule has 2 unspecified atom stereocenters. The maximum Gasteiger partial charge on any atom is 0.490 e. The number of hydrogen-bond acceptors (Lipinski definition) is 6. The molecule has 2 atom stereocenters. The summed E-state index contributed by atoms with van der Waals surface area (Å²) in [5, 5.41) is 11.8. The number of nitrogens with zero attached hydrogens (tertiary/aromatic N) is 4. The summed E-state index contributed by atoms with van der Waals surface area (Å²) in [5.41, 5.74) is 1.18. The number of hydrogen-bond donors (Lipinski definition) is 1. The molecule has 3 aromatic rings. The lowest BCUT2D eigenvalue weighted by Crippen LogP contribution is -2.44. The summed E-state index contributed by atoms with van der Waals surface area (Å²) < 4.78 is 34.7. The Hall–Kier alpha value is -3.25. The number of alkyl halides is 3. The van der Waals surface area contributed by atoms with E-state index in [9.17, 15) is 22.8 Å². The maximum atomic E-state index is 12.7. The zero-order valence-corrected chi connectivity index (χ0v) is 20.5. The van der Waals surface area contributed by atoms with Crippen molar-refractivity contribution in [3.05, 3.63) is 83.8 Å². The molecule has 0 aliphatic carbocycles. The van der Waals surface area contributed by atoms with Crippen LogP contribution in [0.2, 0.25) is 0 Å². The minimum absolute atomic E-state index is 0.216. The van der Waals surface area contributed by atoms with Crippen LogP contribution in [0.1, 0.15) is 32.6 Å². The van der Waals surface area contributed by atoms with Crippen molar-refractivity contribution < 1.29 is 23.1 Å². The summed E-state index contributed by atoms with van der Waals surface area (Å²) in [6, 6.07) is 12.4. The molecule has 0 saturated carbocycles. The van der Waals surface area contributed by atoms with Crippen LogP contribution in [-0.2, 0) is 24.4 Å². The lowest BCUT2D eigenvalue weighted by Gasteiger charge is -2.17. The molecule has 8 nitrogen and oxygen atoms in total. The first-order chi connectivity index (χ1) is 16.9. The fourth-order valence-corrected chi connectivity index (χ4v) is 5.50. The zero-order valence-electron chi connectivity index (χ0n) is 19.7. The normalized spacial score (nSPS) is 18.9. The van der Waals surface area contributed by atoms with Gasteiger partial charge >= 0.3 is 23.3 Å². The minimum atomic E-state index is -5.08. The summed E-state index contributed by atoms with van der Waals surface area (Å²) in [7, 11) is 0. The molecule has 36 heavy (non-hydrogen) atoms. The van der Waals surface area contributed by atoms with Gasteiger partial charge < -0.3 is 5.11 Å². The first kappa shape index (κ1) is 25.8. The van der Waals surface area contributed by atoms with Crippen molar-refractivity contribution in [3.8, 4) is 0 Å². The SMILES string of the molecule is Cc1ccc(Cn2nc3n(c(=O)c2=O)CC2CN(Cc4ccc(C)s4)CC32)cc1.O=C(O)C(F)(F)F. The third kappa shape index (κ3) is 5.59. The van der Waals surface area contributed by atoms with Crippen LogP contribution in [0.15, 0.2) is 46.0 Å². The fraction of sp³-hybridized carbons (Fsp3) is 0.417. The van der Waals surface area contributed by atoms with E-state index >= 15 is 0 Å². The van der Waals surface area contributed by atoms with Gasteiger partial charge in [-0.3, -0.25) is 19.1 Å². The monoisotopic (exact) mass is 522 g/mol. The zero-order chi connectivity index (χ0) is 26.2. The number of likely N-dealkylation sites (tertiary alicyclic amines) is 1. The van der Waals surface area contributed by atoms with Crippen LogP contribution in [0.4, 0.5) is 13.2 Å². The summed E-state index contributed by atoms with van der Waals surface area (Å²) in [6.07, 6.45) is -5.08. The van der Waals surface area contributed by atoms with Crippen LogP contribution in [0.3, 0.4) is 0 Å². The predicted octanol–water partition coefficient (Wildman–Crippen LogP) is 2.99. The lowest BCUT2D eigenvalue weighted by molar-refractivity contribution is -0.192. The van der Waals surface area contributed by atoms with Gasteiger partial charge in [0.05, 0.1) is 6.54 Å². The second-order valence-corrected chi connectivity index (χ2v) is 10.5. The number of carbonyl (C=O) groups is 1. The smallest absolute Gasteiger partial charge is 0.475 e. The summed E-state index contributed by atoms with van der Waals surface area (Å²) in [4.78, 5) is 39.3. The number of thiophene rings is 1. The standard InChI is InChI=1S/C22H24N4O2S.C2HF3O2/c1-14-3-6-16(7-4-14)9-26-22(28)21(27)25-11-17-10-24(13-19(17)20(25)23-26)12-18-8-5-15(2)29-18;3-2(4,5)1(6)7/h3-8,17,19H,9-13H2,1-2H3;(H,6,7). The molecule has 1 saturated heterocycles. The lowest BCUT2D eigenvalue weighted by atomic mass is 10.00. The van der Waals surface area contributed by atoms with Crippen molar-refractivity contribution >= 4 is 17.3 Å². The highest BCUT2D eigenvalue weighted by atomic mass is 32.1. The molecular formula is C24H25F3N4O4S. The van der Waals surface area contributed by atoms with Gasteiger partial charge in [0.2, 0.25) is 0 Å². The molecule has 2 aliphatic heterocycles. The minimum Gasteiger partial charge on any atom is -0.475 e. The Morgan fingerprint density at radius 2 is 1.69 bits per heavy atom. The van der Waals surface area contributed by atoms with Gasteiger partial charge in [-0.05, 0) is 31.5 Å². The molecule has 1 fully saturated rings. The van der Waals surface area contributed by atoms with Gasteiger partial charge in [-0.2, -0.15) is 18.3 Å². The molecule has 0 radical (unpaired) electrons. The third-order valence-corrected chi connectivity index (χ3v) is 7.28. The molecule has 5 rings (SSSR count). The van der Waals surface area contributed by atoms with Gasteiger partial charge in [0.1, 0.15) is 5.82 Å². The number of carboxylic acids is 1. The number of aromatic nitrogens is 3. The largest absolute Gasteiger partial charge is 0.490 e. The van der Waals surface area contributed by atoms with Crippen LogP contribution in [0, 0.1) is 19.8 Å². The highest BCUT2D eigenvalue weighted by Crippen LogP contribution is 2.38. The van der Waals surface area contributed by atoms with E-state index in [1.165, 1.54) is 14.4 Å². The molecule has 12 heteroatoms. The molecule has 2 aliphatic rings. The van der Waals surface area contributed by atoms with Gasteiger partial charge in [-0.15, -0.1) is 11.3 Å². The van der Waals surface area contributed by atoms with E-state index in [1.807, 2.05) is 42.5 Å². The number of carboxylic acid groups (broad SMARTS) is 1. The quantitative estimate of drug-likeness (QED) is 0.530.